The summed E-state index contributed by atoms with van der Waals surface area (Å²) in [6.07, 6.45) is 2.02. The fraction of sp³-hybridized carbons (Fsp3) is 0.500. The zero-order chi connectivity index (χ0) is 14.5. The third-order valence-electron chi connectivity index (χ3n) is 3.62. The van der Waals surface area contributed by atoms with Crippen molar-refractivity contribution in [2.45, 2.75) is 25.8 Å². The Morgan fingerprint density at radius 3 is 2.95 bits per heavy atom. The number of nitro groups is 1. The van der Waals surface area contributed by atoms with Gasteiger partial charge >= 0.3 is 0 Å². The second kappa shape index (κ2) is 6.47. The van der Waals surface area contributed by atoms with Crippen LogP contribution in [-0.4, -0.2) is 41.4 Å². The number of amides is 1. The molecule has 6 nitrogen and oxygen atoms in total. The van der Waals surface area contributed by atoms with Gasteiger partial charge in [0.05, 0.1) is 4.92 Å². The largest absolute Gasteiger partial charge is 0.335 e. The second-order valence-electron chi connectivity index (χ2n) is 4.90. The smallest absolute Gasteiger partial charge is 0.270 e. The van der Waals surface area contributed by atoms with Crippen LogP contribution in [0.5, 0.6) is 0 Å². The molecule has 1 atom stereocenters. The molecule has 1 unspecified atom stereocenters. The van der Waals surface area contributed by atoms with Gasteiger partial charge in [-0.25, -0.2) is 0 Å². The van der Waals surface area contributed by atoms with Gasteiger partial charge in [-0.2, -0.15) is 0 Å². The van der Waals surface area contributed by atoms with E-state index in [4.69, 9.17) is 0 Å². The maximum absolute atomic E-state index is 12.5. The van der Waals surface area contributed by atoms with Gasteiger partial charge in [0, 0.05) is 36.8 Å². The fourth-order valence-corrected chi connectivity index (χ4v) is 2.59. The van der Waals surface area contributed by atoms with Gasteiger partial charge in [-0.15, -0.1) is 0 Å². The van der Waals surface area contributed by atoms with Crippen molar-refractivity contribution in [3.05, 3.63) is 39.9 Å². The molecule has 0 radical (unpaired) electrons. The minimum atomic E-state index is -0.477. The number of likely N-dealkylation sites (N-methyl/N-ethyl adjacent to an activating group) is 1. The van der Waals surface area contributed by atoms with Crippen LogP contribution in [0.3, 0.4) is 0 Å². The summed E-state index contributed by atoms with van der Waals surface area (Å²) in [4.78, 5) is 24.6. The van der Waals surface area contributed by atoms with Gasteiger partial charge < -0.3 is 10.2 Å². The molecule has 0 spiro atoms. The molecular weight excluding hydrogens is 258 g/mol. The average Bonchev–Trinajstić information content (AvgIpc) is 2.49. The number of rotatable bonds is 4. The fourth-order valence-electron chi connectivity index (χ4n) is 2.59. The van der Waals surface area contributed by atoms with Crippen LogP contribution in [0.4, 0.5) is 5.69 Å². The Bertz CT molecular complexity index is 498. The molecule has 1 amide bonds. The SMILES string of the molecule is CCN(C(=O)c1cccc([N+](=O)[O-])c1)C1CCCNC1. The average molecular weight is 277 g/mol. The molecule has 1 aliphatic rings. The second-order valence-corrected chi connectivity index (χ2v) is 4.90. The van der Waals surface area contributed by atoms with Gasteiger partial charge in [-0.05, 0) is 32.4 Å². The minimum absolute atomic E-state index is 0.0475. The highest BCUT2D eigenvalue weighted by Crippen LogP contribution is 2.18. The first-order valence-corrected chi connectivity index (χ1v) is 6.89. The summed E-state index contributed by atoms with van der Waals surface area (Å²) in [6.45, 7) is 4.31. The zero-order valence-corrected chi connectivity index (χ0v) is 11.5. The summed E-state index contributed by atoms with van der Waals surface area (Å²) in [7, 11) is 0. The highest BCUT2D eigenvalue weighted by atomic mass is 16.6. The number of piperidine rings is 1. The molecular formula is C14H19N3O3. The maximum atomic E-state index is 12.5. The number of nitro benzene ring substituents is 1. The van der Waals surface area contributed by atoms with Gasteiger partial charge in [0.1, 0.15) is 0 Å². The molecule has 1 N–H and O–H groups in total. The van der Waals surface area contributed by atoms with E-state index < -0.39 is 4.92 Å². The van der Waals surface area contributed by atoms with E-state index in [1.54, 1.807) is 17.0 Å². The lowest BCUT2D eigenvalue weighted by atomic mass is 10.0. The number of nitrogens with zero attached hydrogens (tertiary/aromatic N) is 2. The summed E-state index contributed by atoms with van der Waals surface area (Å²) in [5.41, 5.74) is 0.334. The number of nitrogens with one attached hydrogen (secondary N) is 1. The van der Waals surface area contributed by atoms with Crippen molar-refractivity contribution in [2.24, 2.45) is 0 Å². The molecule has 1 aromatic carbocycles. The van der Waals surface area contributed by atoms with E-state index in [0.717, 1.165) is 25.9 Å². The number of benzene rings is 1. The molecule has 6 heteroatoms. The van der Waals surface area contributed by atoms with Crippen LogP contribution >= 0.6 is 0 Å². The summed E-state index contributed by atoms with van der Waals surface area (Å²) < 4.78 is 0. The summed E-state index contributed by atoms with van der Waals surface area (Å²) in [6, 6.07) is 6.10. The van der Waals surface area contributed by atoms with E-state index in [1.807, 2.05) is 6.92 Å². The Labute approximate surface area is 117 Å². The Hall–Kier alpha value is -1.95. The molecule has 1 aromatic rings. The van der Waals surface area contributed by atoms with Gasteiger partial charge in [0.25, 0.3) is 11.6 Å². The molecule has 0 saturated carbocycles. The van der Waals surface area contributed by atoms with E-state index in [-0.39, 0.29) is 17.6 Å². The lowest BCUT2D eigenvalue weighted by Gasteiger charge is -2.34. The van der Waals surface area contributed by atoms with Crippen LogP contribution in [-0.2, 0) is 0 Å². The van der Waals surface area contributed by atoms with Crippen LogP contribution in [0.2, 0.25) is 0 Å². The topological polar surface area (TPSA) is 75.5 Å². The van der Waals surface area contributed by atoms with Crippen LogP contribution in [0.15, 0.2) is 24.3 Å². The maximum Gasteiger partial charge on any atom is 0.270 e. The Balaban J connectivity index is 2.19. The number of carbonyl (C=O) groups is 1. The molecule has 0 aliphatic carbocycles. The van der Waals surface area contributed by atoms with Crippen LogP contribution < -0.4 is 5.32 Å². The highest BCUT2D eigenvalue weighted by molar-refractivity contribution is 5.95. The molecule has 0 aromatic heterocycles. The standard InChI is InChI=1S/C14H19N3O3/c1-2-16(13-7-4-8-15-10-13)14(18)11-5-3-6-12(9-11)17(19)20/h3,5-6,9,13,15H,2,4,7-8,10H2,1H3. The van der Waals surface area contributed by atoms with Crippen LogP contribution in [0.25, 0.3) is 0 Å². The monoisotopic (exact) mass is 277 g/mol. The van der Waals surface area contributed by atoms with Crippen molar-refractivity contribution in [1.29, 1.82) is 0 Å². The summed E-state index contributed by atoms with van der Waals surface area (Å²) >= 11 is 0. The third kappa shape index (κ3) is 3.14. The minimum Gasteiger partial charge on any atom is -0.335 e. The summed E-state index contributed by atoms with van der Waals surface area (Å²) in [5.74, 6) is -0.134. The first-order chi connectivity index (χ1) is 9.63. The van der Waals surface area contributed by atoms with E-state index in [9.17, 15) is 14.9 Å². The molecule has 20 heavy (non-hydrogen) atoms. The van der Waals surface area contributed by atoms with Gasteiger partial charge in [0.2, 0.25) is 0 Å². The van der Waals surface area contributed by atoms with E-state index in [1.165, 1.54) is 12.1 Å². The van der Waals surface area contributed by atoms with Gasteiger partial charge in [-0.1, -0.05) is 6.07 Å². The number of carbonyl (C=O) groups excluding carboxylic acids is 1. The molecule has 2 rings (SSSR count). The summed E-state index contributed by atoms with van der Waals surface area (Å²) in [5, 5.41) is 14.1. The molecule has 1 fully saturated rings. The van der Waals surface area contributed by atoms with Crippen molar-refractivity contribution in [3.8, 4) is 0 Å². The molecule has 108 valence electrons. The molecule has 1 saturated heterocycles. The van der Waals surface area contributed by atoms with Gasteiger partial charge in [-0.3, -0.25) is 14.9 Å². The first-order valence-electron chi connectivity index (χ1n) is 6.89. The number of non-ortho nitro benzene ring substituents is 1. The van der Waals surface area contributed by atoms with Crippen molar-refractivity contribution >= 4 is 11.6 Å². The van der Waals surface area contributed by atoms with Crippen molar-refractivity contribution in [1.82, 2.24) is 10.2 Å². The lowest BCUT2D eigenvalue weighted by Crippen LogP contribution is -2.48. The van der Waals surface area contributed by atoms with E-state index in [0.29, 0.717) is 12.1 Å². The van der Waals surface area contributed by atoms with Crippen molar-refractivity contribution in [2.75, 3.05) is 19.6 Å². The quantitative estimate of drug-likeness (QED) is 0.672. The molecule has 0 bridgehead atoms. The van der Waals surface area contributed by atoms with E-state index >= 15 is 0 Å². The Morgan fingerprint density at radius 1 is 1.55 bits per heavy atom. The lowest BCUT2D eigenvalue weighted by molar-refractivity contribution is -0.384. The highest BCUT2D eigenvalue weighted by Gasteiger charge is 2.25. The molecule has 1 aliphatic heterocycles. The van der Waals surface area contributed by atoms with Crippen molar-refractivity contribution < 1.29 is 9.72 Å². The Kier molecular flexibility index (Phi) is 4.68. The number of hydrogen-bond donors (Lipinski definition) is 1. The Morgan fingerprint density at radius 2 is 2.35 bits per heavy atom. The van der Waals surface area contributed by atoms with Crippen molar-refractivity contribution in [3.63, 3.8) is 0 Å². The predicted octanol–water partition coefficient (Wildman–Crippen LogP) is 1.81. The third-order valence-corrected chi connectivity index (χ3v) is 3.62. The van der Waals surface area contributed by atoms with Gasteiger partial charge in [0.15, 0.2) is 0 Å². The van der Waals surface area contributed by atoms with E-state index in [2.05, 4.69) is 5.32 Å². The zero-order valence-electron chi connectivity index (χ0n) is 11.5. The predicted molar refractivity (Wildman–Crippen MR) is 75.7 cm³/mol. The first kappa shape index (κ1) is 14.5. The number of hydrogen-bond acceptors (Lipinski definition) is 4. The normalized spacial score (nSPS) is 18.6. The van der Waals surface area contributed by atoms with Crippen LogP contribution in [0.1, 0.15) is 30.1 Å². The van der Waals surface area contributed by atoms with Crippen LogP contribution in [0, 0.1) is 10.1 Å². The molecule has 1 heterocycles.